The van der Waals surface area contributed by atoms with Crippen LogP contribution in [-0.2, 0) is 0 Å². The topological polar surface area (TPSA) is 92.5 Å². The number of rotatable bonds is 6. The van der Waals surface area contributed by atoms with E-state index >= 15 is 0 Å². The molecule has 0 heterocycles. The highest BCUT2D eigenvalue weighted by molar-refractivity contribution is 5.95. The quantitative estimate of drug-likeness (QED) is 0.615. The van der Waals surface area contributed by atoms with Gasteiger partial charge in [0.25, 0.3) is 5.69 Å². The van der Waals surface area contributed by atoms with E-state index < -0.39 is 10.9 Å². The predicted octanol–water partition coefficient (Wildman–Crippen LogP) is 3.29. The van der Waals surface area contributed by atoms with Crippen LogP contribution in [0, 0.1) is 16.0 Å². The SMILES string of the molecule is O=C(O)c1cc([N+](=O)[O-])ccc1NCCC1CCCC1. The molecule has 1 aromatic rings. The molecule has 1 aliphatic carbocycles. The number of hydrogen-bond donors (Lipinski definition) is 2. The summed E-state index contributed by atoms with van der Waals surface area (Å²) in [5.74, 6) is -0.439. The number of nitro benzene ring substituents is 1. The molecule has 0 aromatic heterocycles. The summed E-state index contributed by atoms with van der Waals surface area (Å²) < 4.78 is 0. The molecule has 0 atom stereocenters. The average Bonchev–Trinajstić information content (AvgIpc) is 2.91. The highest BCUT2D eigenvalue weighted by Crippen LogP contribution is 2.28. The van der Waals surface area contributed by atoms with E-state index in [4.69, 9.17) is 5.11 Å². The van der Waals surface area contributed by atoms with Gasteiger partial charge in [-0.25, -0.2) is 4.79 Å². The fourth-order valence-electron chi connectivity index (χ4n) is 2.69. The van der Waals surface area contributed by atoms with Crippen LogP contribution in [0.2, 0.25) is 0 Å². The van der Waals surface area contributed by atoms with E-state index in [0.29, 0.717) is 18.2 Å². The first-order valence-electron chi connectivity index (χ1n) is 6.83. The molecule has 0 amide bonds. The Hall–Kier alpha value is -2.11. The van der Waals surface area contributed by atoms with Gasteiger partial charge in [0.05, 0.1) is 10.5 Å². The maximum absolute atomic E-state index is 11.2. The van der Waals surface area contributed by atoms with Gasteiger partial charge in [-0.3, -0.25) is 10.1 Å². The lowest BCUT2D eigenvalue weighted by Gasteiger charge is -2.12. The van der Waals surface area contributed by atoms with Crippen molar-refractivity contribution in [2.75, 3.05) is 11.9 Å². The van der Waals surface area contributed by atoms with Crippen molar-refractivity contribution in [3.63, 3.8) is 0 Å². The van der Waals surface area contributed by atoms with Crippen LogP contribution in [0.3, 0.4) is 0 Å². The van der Waals surface area contributed by atoms with Gasteiger partial charge in [0, 0.05) is 24.4 Å². The Bertz CT molecular complexity index is 510. The third-order valence-electron chi connectivity index (χ3n) is 3.79. The van der Waals surface area contributed by atoms with Crippen LogP contribution in [0.4, 0.5) is 11.4 Å². The molecule has 0 spiro atoms. The highest BCUT2D eigenvalue weighted by Gasteiger charge is 2.17. The molecule has 1 aliphatic rings. The van der Waals surface area contributed by atoms with Gasteiger partial charge in [-0.2, -0.15) is 0 Å². The smallest absolute Gasteiger partial charge is 0.338 e. The second kappa shape index (κ2) is 6.36. The minimum Gasteiger partial charge on any atom is -0.478 e. The molecule has 2 N–H and O–H groups in total. The lowest BCUT2D eigenvalue weighted by atomic mass is 10.0. The number of anilines is 1. The zero-order valence-corrected chi connectivity index (χ0v) is 11.2. The van der Waals surface area contributed by atoms with E-state index in [0.717, 1.165) is 12.5 Å². The number of aromatic carboxylic acids is 1. The molecule has 2 rings (SSSR count). The summed E-state index contributed by atoms with van der Waals surface area (Å²) in [5.41, 5.74) is 0.190. The van der Waals surface area contributed by atoms with Crippen LogP contribution >= 0.6 is 0 Å². The molecule has 0 aliphatic heterocycles. The van der Waals surface area contributed by atoms with Gasteiger partial charge in [0.2, 0.25) is 0 Å². The summed E-state index contributed by atoms with van der Waals surface area (Å²) >= 11 is 0. The lowest BCUT2D eigenvalue weighted by molar-refractivity contribution is -0.384. The molecule has 1 saturated carbocycles. The molecule has 6 nitrogen and oxygen atoms in total. The Morgan fingerprint density at radius 3 is 2.70 bits per heavy atom. The van der Waals surface area contributed by atoms with E-state index in [-0.39, 0.29) is 11.3 Å². The highest BCUT2D eigenvalue weighted by atomic mass is 16.6. The Kier molecular flexibility index (Phi) is 4.55. The number of carbonyl (C=O) groups is 1. The maximum atomic E-state index is 11.2. The second-order valence-electron chi connectivity index (χ2n) is 5.16. The number of benzene rings is 1. The lowest BCUT2D eigenvalue weighted by Crippen LogP contribution is -2.10. The van der Waals surface area contributed by atoms with E-state index in [9.17, 15) is 14.9 Å². The monoisotopic (exact) mass is 278 g/mol. The van der Waals surface area contributed by atoms with Crippen LogP contribution in [-0.4, -0.2) is 22.5 Å². The van der Waals surface area contributed by atoms with Gasteiger partial charge >= 0.3 is 5.97 Å². The summed E-state index contributed by atoms with van der Waals surface area (Å²) in [6.07, 6.45) is 6.06. The minimum atomic E-state index is -1.16. The normalized spacial score (nSPS) is 15.2. The zero-order chi connectivity index (χ0) is 14.5. The van der Waals surface area contributed by atoms with Crippen LogP contribution < -0.4 is 5.32 Å². The van der Waals surface area contributed by atoms with Gasteiger partial charge in [-0.05, 0) is 18.4 Å². The van der Waals surface area contributed by atoms with Crippen LogP contribution in [0.5, 0.6) is 0 Å². The molecule has 6 heteroatoms. The second-order valence-corrected chi connectivity index (χ2v) is 5.16. The number of carboxylic acids is 1. The van der Waals surface area contributed by atoms with Crippen molar-refractivity contribution < 1.29 is 14.8 Å². The third kappa shape index (κ3) is 3.46. The van der Waals surface area contributed by atoms with Crippen molar-refractivity contribution in [1.29, 1.82) is 0 Å². The maximum Gasteiger partial charge on any atom is 0.338 e. The molecule has 0 bridgehead atoms. The number of non-ortho nitro benzene ring substituents is 1. The third-order valence-corrected chi connectivity index (χ3v) is 3.79. The van der Waals surface area contributed by atoms with Crippen molar-refractivity contribution >= 4 is 17.3 Å². The van der Waals surface area contributed by atoms with Crippen molar-refractivity contribution in [2.24, 2.45) is 5.92 Å². The Morgan fingerprint density at radius 2 is 2.10 bits per heavy atom. The largest absolute Gasteiger partial charge is 0.478 e. The molecule has 0 radical (unpaired) electrons. The standard InChI is InChI=1S/C14H18N2O4/c17-14(18)12-9-11(16(19)20)5-6-13(12)15-8-7-10-3-1-2-4-10/h5-6,9-10,15H,1-4,7-8H2,(H,17,18). The summed E-state index contributed by atoms with van der Waals surface area (Å²) in [5, 5.41) is 22.9. The van der Waals surface area contributed by atoms with Gasteiger partial charge in [-0.15, -0.1) is 0 Å². The van der Waals surface area contributed by atoms with E-state index in [1.807, 2.05) is 0 Å². The van der Waals surface area contributed by atoms with Crippen LogP contribution in [0.15, 0.2) is 18.2 Å². The van der Waals surface area contributed by atoms with Gasteiger partial charge in [0.1, 0.15) is 0 Å². The molecule has 1 fully saturated rings. The molecule has 1 aromatic carbocycles. The molecular formula is C14H18N2O4. The number of nitro groups is 1. The molecule has 0 saturated heterocycles. The summed E-state index contributed by atoms with van der Waals surface area (Å²) in [6, 6.07) is 3.89. The van der Waals surface area contributed by atoms with Gasteiger partial charge < -0.3 is 10.4 Å². The Morgan fingerprint density at radius 1 is 1.40 bits per heavy atom. The average molecular weight is 278 g/mol. The molecule has 0 unspecified atom stereocenters. The van der Waals surface area contributed by atoms with Gasteiger partial charge in [-0.1, -0.05) is 25.7 Å². The van der Waals surface area contributed by atoms with Gasteiger partial charge in [0.15, 0.2) is 0 Å². The number of carboxylic acid groups (broad SMARTS) is 1. The first-order valence-corrected chi connectivity index (χ1v) is 6.83. The van der Waals surface area contributed by atoms with Crippen LogP contribution in [0.25, 0.3) is 0 Å². The molecule has 20 heavy (non-hydrogen) atoms. The Labute approximate surface area is 117 Å². The van der Waals surface area contributed by atoms with E-state index in [2.05, 4.69) is 5.32 Å². The summed E-state index contributed by atoms with van der Waals surface area (Å²) in [7, 11) is 0. The molecular weight excluding hydrogens is 260 g/mol. The first kappa shape index (κ1) is 14.3. The van der Waals surface area contributed by atoms with Crippen molar-refractivity contribution in [3.8, 4) is 0 Å². The number of nitrogens with one attached hydrogen (secondary N) is 1. The van der Waals surface area contributed by atoms with Crippen molar-refractivity contribution in [3.05, 3.63) is 33.9 Å². The minimum absolute atomic E-state index is 0.0504. The van der Waals surface area contributed by atoms with E-state index in [1.165, 1.54) is 37.8 Å². The Balaban J connectivity index is 2.02. The van der Waals surface area contributed by atoms with Crippen molar-refractivity contribution in [1.82, 2.24) is 0 Å². The number of nitrogens with zero attached hydrogens (tertiary/aromatic N) is 1. The first-order chi connectivity index (χ1) is 9.58. The summed E-state index contributed by atoms with van der Waals surface area (Å²) in [4.78, 5) is 21.2. The van der Waals surface area contributed by atoms with Crippen molar-refractivity contribution in [2.45, 2.75) is 32.1 Å². The zero-order valence-electron chi connectivity index (χ0n) is 11.2. The number of hydrogen-bond acceptors (Lipinski definition) is 4. The van der Waals surface area contributed by atoms with Crippen LogP contribution in [0.1, 0.15) is 42.5 Å². The predicted molar refractivity (Wildman–Crippen MR) is 75.1 cm³/mol. The molecule has 108 valence electrons. The summed E-state index contributed by atoms with van der Waals surface area (Å²) in [6.45, 7) is 0.697. The fraction of sp³-hybridized carbons (Fsp3) is 0.500. The fourth-order valence-corrected chi connectivity index (χ4v) is 2.69. The van der Waals surface area contributed by atoms with E-state index in [1.54, 1.807) is 0 Å².